The molecule has 0 heterocycles. The van der Waals surface area contributed by atoms with Gasteiger partial charge in [0.05, 0.1) is 17.4 Å². The molecule has 2 aromatic rings. The van der Waals surface area contributed by atoms with E-state index in [0.29, 0.717) is 12.1 Å². The first kappa shape index (κ1) is 35.1. The lowest BCUT2D eigenvalue weighted by Crippen LogP contribution is -2.56. The third-order valence-electron chi connectivity index (χ3n) is 6.63. The average molecular weight is 607 g/mol. The Morgan fingerprint density at radius 1 is 0.773 bits per heavy atom. The number of aryl methyl sites for hydroxylation is 1. The van der Waals surface area contributed by atoms with Crippen molar-refractivity contribution in [3.05, 3.63) is 65.7 Å². The third-order valence-corrected chi connectivity index (χ3v) is 6.63. The summed E-state index contributed by atoms with van der Waals surface area (Å²) in [5, 5.41) is 7.96. The van der Waals surface area contributed by atoms with E-state index in [9.17, 15) is 24.0 Å². The van der Waals surface area contributed by atoms with E-state index in [2.05, 4.69) is 25.9 Å². The molecule has 236 valence electrons. The zero-order chi connectivity index (χ0) is 32.6. The molecule has 9 N–H and O–H groups in total. The van der Waals surface area contributed by atoms with Gasteiger partial charge in [-0.25, -0.2) is 4.99 Å². The maximum absolute atomic E-state index is 13.7. The summed E-state index contributed by atoms with van der Waals surface area (Å²) in [5.74, 6) is -2.93. The molecule has 0 saturated heterocycles. The molecule has 4 amide bonds. The molecule has 3 atom stereocenters. The second kappa shape index (κ2) is 17.8. The van der Waals surface area contributed by atoms with Gasteiger partial charge in [0.25, 0.3) is 0 Å². The average Bonchev–Trinajstić information content (AvgIpc) is 2.97. The van der Waals surface area contributed by atoms with E-state index >= 15 is 0 Å². The number of nitrogens with two attached hydrogens (primary N) is 3. The monoisotopic (exact) mass is 606 g/mol. The molecule has 0 aliphatic heterocycles. The fraction of sp³-hybridized carbons (Fsp3) is 0.387. The molecule has 2 aromatic carbocycles. The first-order valence-electron chi connectivity index (χ1n) is 14.3. The molecule has 0 aliphatic carbocycles. The summed E-state index contributed by atoms with van der Waals surface area (Å²) >= 11 is 0. The highest BCUT2D eigenvalue weighted by atomic mass is 16.2. The number of guanidine groups is 1. The van der Waals surface area contributed by atoms with Crippen LogP contribution in [0.2, 0.25) is 0 Å². The van der Waals surface area contributed by atoms with Crippen molar-refractivity contribution in [2.75, 3.05) is 6.54 Å². The van der Waals surface area contributed by atoms with Gasteiger partial charge in [0.15, 0.2) is 11.7 Å². The van der Waals surface area contributed by atoms with Crippen LogP contribution >= 0.6 is 0 Å². The molecule has 0 bridgehead atoms. The summed E-state index contributed by atoms with van der Waals surface area (Å²) in [4.78, 5) is 72.1. The van der Waals surface area contributed by atoms with Crippen molar-refractivity contribution in [1.82, 2.24) is 16.0 Å². The number of primary amides is 1. The van der Waals surface area contributed by atoms with Crippen LogP contribution in [0, 0.1) is 6.92 Å². The minimum atomic E-state index is -1.13. The molecule has 2 rings (SSSR count). The zero-order valence-corrected chi connectivity index (χ0v) is 25.3. The normalized spacial score (nSPS) is 13.1. The van der Waals surface area contributed by atoms with Crippen LogP contribution in [-0.2, 0) is 30.4 Å². The van der Waals surface area contributed by atoms with Crippen molar-refractivity contribution in [2.45, 2.75) is 71.0 Å². The lowest BCUT2D eigenvalue weighted by Gasteiger charge is -2.25. The summed E-state index contributed by atoms with van der Waals surface area (Å²) < 4.78 is 0. The van der Waals surface area contributed by atoms with Gasteiger partial charge >= 0.3 is 0 Å². The highest BCUT2D eigenvalue weighted by Crippen LogP contribution is 2.18. The third kappa shape index (κ3) is 12.4. The Kier molecular flexibility index (Phi) is 14.2. The van der Waals surface area contributed by atoms with E-state index in [1.165, 1.54) is 6.92 Å². The Balaban J connectivity index is 2.36. The minimum Gasteiger partial charge on any atom is -0.370 e. The number of Topliss-reactive ketones (excluding diaryl/α,β-unsaturated/α-hetero) is 1. The van der Waals surface area contributed by atoms with Crippen molar-refractivity contribution < 1.29 is 24.0 Å². The zero-order valence-electron chi connectivity index (χ0n) is 25.3. The van der Waals surface area contributed by atoms with Crippen LogP contribution < -0.4 is 33.2 Å². The number of hydrogen-bond acceptors (Lipinski definition) is 7. The van der Waals surface area contributed by atoms with Crippen molar-refractivity contribution in [2.24, 2.45) is 27.2 Å². The standard InChI is InChI=1S/C31H42N8O5/c1-19-10-7-8-13-23(19)36-20(2)28(42)24(14-9-17-35-31(33)34)38-30(44)26(18-22-11-5-4-6-12-22)39-29(43)25(37-21(3)40)15-16-27(32)41/h4-8,10-13,24-26H,9,14-18H2,1-3H3,(H2,32,41)(H,37,40)(H,38,44)(H,39,43)(H4,33,34,35)/t24-,25-,26-/m0/s1. The van der Waals surface area contributed by atoms with Crippen molar-refractivity contribution in [3.8, 4) is 0 Å². The van der Waals surface area contributed by atoms with Gasteiger partial charge in [-0.15, -0.1) is 0 Å². The number of rotatable bonds is 17. The quantitative estimate of drug-likeness (QED) is 0.0857. The fourth-order valence-corrected chi connectivity index (χ4v) is 4.35. The summed E-state index contributed by atoms with van der Waals surface area (Å²) in [5.41, 5.74) is 18.5. The molecule has 0 saturated carbocycles. The number of benzene rings is 2. The van der Waals surface area contributed by atoms with E-state index in [4.69, 9.17) is 17.2 Å². The lowest BCUT2D eigenvalue weighted by atomic mass is 10.0. The number of nitrogens with zero attached hydrogens (tertiary/aromatic N) is 2. The number of carbonyl (C=O) groups excluding carboxylic acids is 5. The Labute approximate surface area is 257 Å². The van der Waals surface area contributed by atoms with E-state index in [0.717, 1.165) is 11.1 Å². The minimum absolute atomic E-state index is 0.0547. The first-order valence-corrected chi connectivity index (χ1v) is 14.3. The van der Waals surface area contributed by atoms with Crippen molar-refractivity contribution in [1.29, 1.82) is 0 Å². The number of carbonyl (C=O) groups is 5. The van der Waals surface area contributed by atoms with Crippen LogP contribution in [0.3, 0.4) is 0 Å². The molecule has 44 heavy (non-hydrogen) atoms. The summed E-state index contributed by atoms with van der Waals surface area (Å²) in [6, 6.07) is 13.1. The molecule has 0 radical (unpaired) electrons. The van der Waals surface area contributed by atoms with Crippen LogP contribution in [0.4, 0.5) is 5.69 Å². The molecule has 0 aromatic heterocycles. The molecule has 0 unspecified atom stereocenters. The number of nitrogens with one attached hydrogen (secondary N) is 3. The summed E-state index contributed by atoms with van der Waals surface area (Å²) in [7, 11) is 0. The van der Waals surface area contributed by atoms with Gasteiger partial charge in [0, 0.05) is 26.3 Å². The van der Waals surface area contributed by atoms with E-state index < -0.39 is 47.5 Å². The van der Waals surface area contributed by atoms with Crippen LogP contribution in [0.25, 0.3) is 0 Å². The predicted octanol–water partition coefficient (Wildman–Crippen LogP) is 0.693. The number of para-hydroxylation sites is 1. The number of amides is 4. The molecule has 0 fully saturated rings. The highest BCUT2D eigenvalue weighted by Gasteiger charge is 2.30. The second-order valence-electron chi connectivity index (χ2n) is 10.4. The highest BCUT2D eigenvalue weighted by molar-refractivity contribution is 6.41. The van der Waals surface area contributed by atoms with Gasteiger partial charge < -0.3 is 33.2 Å². The van der Waals surface area contributed by atoms with Crippen LogP contribution in [-0.4, -0.2) is 65.8 Å². The van der Waals surface area contributed by atoms with E-state index in [1.807, 2.05) is 31.2 Å². The Morgan fingerprint density at radius 3 is 2.00 bits per heavy atom. The molecule has 13 nitrogen and oxygen atoms in total. The molecular formula is C31H42N8O5. The van der Waals surface area contributed by atoms with E-state index in [1.54, 1.807) is 37.3 Å². The SMILES string of the molecule is CC(=O)N[C@@H](CCC(N)=O)C(=O)N[C@@H](Cc1ccccc1)C(=O)N[C@@H](CCCN=C(N)N)C(=O)C(C)=Nc1ccccc1C. The number of aliphatic imine (C=N–C) groups is 2. The molecule has 0 aliphatic rings. The molecule has 0 spiro atoms. The molecular weight excluding hydrogens is 564 g/mol. The lowest BCUT2D eigenvalue weighted by molar-refractivity contribution is -0.133. The second-order valence-corrected chi connectivity index (χ2v) is 10.4. The first-order chi connectivity index (χ1) is 20.9. The van der Waals surface area contributed by atoms with Gasteiger partial charge in [-0.05, 0) is 50.3 Å². The van der Waals surface area contributed by atoms with Gasteiger partial charge in [0.1, 0.15) is 12.1 Å². The Morgan fingerprint density at radius 2 is 1.39 bits per heavy atom. The number of ketones is 1. The van der Waals surface area contributed by atoms with Gasteiger partial charge in [-0.2, -0.15) is 0 Å². The van der Waals surface area contributed by atoms with Crippen molar-refractivity contribution >= 4 is 46.8 Å². The molecule has 13 heteroatoms. The van der Waals surface area contributed by atoms with Crippen LogP contribution in [0.5, 0.6) is 0 Å². The maximum Gasteiger partial charge on any atom is 0.243 e. The smallest absolute Gasteiger partial charge is 0.243 e. The van der Waals surface area contributed by atoms with Gasteiger partial charge in [0.2, 0.25) is 23.6 Å². The van der Waals surface area contributed by atoms with E-state index in [-0.39, 0.29) is 43.9 Å². The summed E-state index contributed by atoms with van der Waals surface area (Å²) in [6.07, 6.45) is 0.452. The van der Waals surface area contributed by atoms with Crippen LogP contribution in [0.1, 0.15) is 50.7 Å². The topological polar surface area (TPSA) is 224 Å². The summed E-state index contributed by atoms with van der Waals surface area (Å²) in [6.45, 7) is 4.92. The van der Waals surface area contributed by atoms with Gasteiger partial charge in [-0.1, -0.05) is 48.5 Å². The Bertz CT molecular complexity index is 1370. The van der Waals surface area contributed by atoms with Crippen LogP contribution in [0.15, 0.2) is 64.6 Å². The number of hydrogen-bond donors (Lipinski definition) is 6. The Hall–Kier alpha value is -5.07. The maximum atomic E-state index is 13.7. The largest absolute Gasteiger partial charge is 0.370 e. The van der Waals surface area contributed by atoms with Crippen molar-refractivity contribution in [3.63, 3.8) is 0 Å². The van der Waals surface area contributed by atoms with Gasteiger partial charge in [-0.3, -0.25) is 29.0 Å². The predicted molar refractivity (Wildman–Crippen MR) is 169 cm³/mol. The fourth-order valence-electron chi connectivity index (χ4n) is 4.35.